The topological polar surface area (TPSA) is 67.6 Å². The van der Waals surface area contributed by atoms with Gasteiger partial charge in [0, 0.05) is 44.6 Å². The summed E-state index contributed by atoms with van der Waals surface area (Å²) in [4.78, 5) is 12.4. The van der Waals surface area contributed by atoms with E-state index in [0.29, 0.717) is 0 Å². The van der Waals surface area contributed by atoms with Crippen LogP contribution >= 0.6 is 0 Å². The zero-order valence-electron chi connectivity index (χ0n) is 9.63. The predicted octanol–water partition coefficient (Wildman–Crippen LogP) is 0.977. The van der Waals surface area contributed by atoms with E-state index in [1.165, 1.54) is 6.07 Å². The molecule has 92 valence electrons. The summed E-state index contributed by atoms with van der Waals surface area (Å²) in [6, 6.07) is 6.64. The molecule has 0 saturated carbocycles. The molecule has 1 fully saturated rings. The number of rotatable bonds is 3. The number of nitrogens with zero attached hydrogens (tertiary/aromatic N) is 2. The first kappa shape index (κ1) is 11.8. The van der Waals surface area contributed by atoms with E-state index in [0.717, 1.165) is 25.3 Å². The maximum atomic E-state index is 10.7. The minimum absolute atomic E-state index is 0.0780. The van der Waals surface area contributed by atoms with E-state index >= 15 is 0 Å². The average molecular weight is 237 g/mol. The van der Waals surface area contributed by atoms with Gasteiger partial charge in [0.05, 0.1) is 4.92 Å². The first-order chi connectivity index (χ1) is 8.22. The van der Waals surface area contributed by atoms with E-state index in [4.69, 9.17) is 4.74 Å². The molecule has 6 heteroatoms. The highest BCUT2D eigenvalue weighted by molar-refractivity contribution is 5.53. The summed E-state index contributed by atoms with van der Waals surface area (Å²) < 4.78 is 5.35. The second-order valence-corrected chi connectivity index (χ2v) is 3.86. The van der Waals surface area contributed by atoms with Crippen molar-refractivity contribution in [3.8, 4) is 0 Å². The van der Waals surface area contributed by atoms with E-state index in [1.54, 1.807) is 19.2 Å². The number of non-ortho nitro benzene ring substituents is 1. The van der Waals surface area contributed by atoms with Gasteiger partial charge in [-0.15, -0.1) is 0 Å². The van der Waals surface area contributed by atoms with Crippen molar-refractivity contribution < 1.29 is 9.66 Å². The molecule has 0 spiro atoms. The summed E-state index contributed by atoms with van der Waals surface area (Å²) in [6.45, 7) is 2.35. The van der Waals surface area contributed by atoms with Gasteiger partial charge in [0.1, 0.15) is 6.23 Å². The van der Waals surface area contributed by atoms with Crippen LogP contribution in [0, 0.1) is 10.1 Å². The van der Waals surface area contributed by atoms with E-state index in [2.05, 4.69) is 5.32 Å². The Balaban J connectivity index is 2.25. The monoisotopic (exact) mass is 237 g/mol. The first-order valence-electron chi connectivity index (χ1n) is 5.47. The average Bonchev–Trinajstić information content (AvgIpc) is 2.39. The van der Waals surface area contributed by atoms with Gasteiger partial charge < -0.3 is 15.0 Å². The fourth-order valence-electron chi connectivity index (χ4n) is 1.97. The Labute approximate surface area is 99.3 Å². The molecule has 1 aromatic carbocycles. The maximum absolute atomic E-state index is 10.7. The standard InChI is InChI=1S/C11H15N3O3/c1-17-11-8-12-5-6-13(11)9-3-2-4-10(7-9)14(15)16/h2-4,7,11-12H,5-6,8H2,1H3. The lowest BCUT2D eigenvalue weighted by Crippen LogP contribution is -2.52. The molecule has 0 bridgehead atoms. The van der Waals surface area contributed by atoms with Crippen LogP contribution in [0.25, 0.3) is 0 Å². The number of piperazine rings is 1. The molecular formula is C11H15N3O3. The predicted molar refractivity (Wildman–Crippen MR) is 64.1 cm³/mol. The molecule has 0 aromatic heterocycles. The minimum Gasteiger partial charge on any atom is -0.360 e. The molecule has 0 aliphatic carbocycles. The first-order valence-corrected chi connectivity index (χ1v) is 5.47. The molecule has 0 radical (unpaired) electrons. The second-order valence-electron chi connectivity index (χ2n) is 3.86. The summed E-state index contributed by atoms with van der Waals surface area (Å²) in [6.07, 6.45) is -0.0780. The van der Waals surface area contributed by atoms with E-state index in [-0.39, 0.29) is 16.8 Å². The number of ether oxygens (including phenoxy) is 1. The third-order valence-corrected chi connectivity index (χ3v) is 2.84. The van der Waals surface area contributed by atoms with Crippen LogP contribution in [-0.2, 0) is 4.74 Å². The molecule has 1 N–H and O–H groups in total. The van der Waals surface area contributed by atoms with Crippen molar-refractivity contribution in [1.29, 1.82) is 0 Å². The molecule has 6 nitrogen and oxygen atoms in total. The third kappa shape index (κ3) is 2.54. The van der Waals surface area contributed by atoms with E-state index < -0.39 is 0 Å². The van der Waals surface area contributed by atoms with Gasteiger partial charge in [-0.2, -0.15) is 0 Å². The largest absolute Gasteiger partial charge is 0.360 e. The Morgan fingerprint density at radius 3 is 3.12 bits per heavy atom. The Kier molecular flexibility index (Phi) is 3.55. The number of nitro benzene ring substituents is 1. The summed E-state index contributed by atoms with van der Waals surface area (Å²) in [5.74, 6) is 0. The van der Waals surface area contributed by atoms with Crippen LogP contribution in [0.3, 0.4) is 0 Å². The van der Waals surface area contributed by atoms with Crippen LogP contribution in [0.5, 0.6) is 0 Å². The smallest absolute Gasteiger partial charge is 0.271 e. The zero-order chi connectivity index (χ0) is 12.3. The van der Waals surface area contributed by atoms with Gasteiger partial charge in [-0.05, 0) is 6.07 Å². The molecule has 17 heavy (non-hydrogen) atoms. The Morgan fingerprint density at radius 2 is 2.41 bits per heavy atom. The molecule has 1 unspecified atom stereocenters. The summed E-state index contributed by atoms with van der Waals surface area (Å²) in [7, 11) is 1.64. The van der Waals surface area contributed by atoms with Crippen LogP contribution in [0.15, 0.2) is 24.3 Å². The van der Waals surface area contributed by atoms with Gasteiger partial charge in [-0.3, -0.25) is 10.1 Å². The van der Waals surface area contributed by atoms with Crippen molar-refractivity contribution >= 4 is 11.4 Å². The highest BCUT2D eigenvalue weighted by Crippen LogP contribution is 2.23. The van der Waals surface area contributed by atoms with Gasteiger partial charge in [-0.25, -0.2) is 0 Å². The molecule has 1 heterocycles. The highest BCUT2D eigenvalue weighted by Gasteiger charge is 2.22. The van der Waals surface area contributed by atoms with Crippen LogP contribution in [0.1, 0.15) is 0 Å². The quantitative estimate of drug-likeness (QED) is 0.627. The molecule has 1 saturated heterocycles. The van der Waals surface area contributed by atoms with Crippen LogP contribution in [0.2, 0.25) is 0 Å². The van der Waals surface area contributed by atoms with Crippen LogP contribution < -0.4 is 10.2 Å². The third-order valence-electron chi connectivity index (χ3n) is 2.84. The minimum atomic E-state index is -0.381. The van der Waals surface area contributed by atoms with Crippen LogP contribution in [-0.4, -0.2) is 37.9 Å². The Morgan fingerprint density at radius 1 is 1.59 bits per heavy atom. The summed E-state index contributed by atoms with van der Waals surface area (Å²) in [5.41, 5.74) is 0.934. The molecule has 1 aromatic rings. The van der Waals surface area contributed by atoms with Crippen molar-refractivity contribution in [3.05, 3.63) is 34.4 Å². The van der Waals surface area contributed by atoms with E-state index in [9.17, 15) is 10.1 Å². The SMILES string of the molecule is COC1CNCCN1c1cccc([N+](=O)[O-])c1. The zero-order valence-corrected chi connectivity index (χ0v) is 9.63. The van der Waals surface area contributed by atoms with Gasteiger partial charge in [0.25, 0.3) is 5.69 Å². The molecular weight excluding hydrogens is 222 g/mol. The van der Waals surface area contributed by atoms with Gasteiger partial charge in [-0.1, -0.05) is 6.07 Å². The number of nitro groups is 1. The molecule has 1 aliphatic rings. The molecule has 0 amide bonds. The number of hydrogen-bond acceptors (Lipinski definition) is 5. The summed E-state index contributed by atoms with van der Waals surface area (Å²) in [5, 5.41) is 14.0. The van der Waals surface area contributed by atoms with Crippen molar-refractivity contribution in [1.82, 2.24) is 5.32 Å². The number of anilines is 1. The highest BCUT2D eigenvalue weighted by atomic mass is 16.6. The number of nitrogens with one attached hydrogen (secondary N) is 1. The normalized spacial score (nSPS) is 20.3. The number of benzene rings is 1. The van der Waals surface area contributed by atoms with Gasteiger partial charge >= 0.3 is 0 Å². The fourth-order valence-corrected chi connectivity index (χ4v) is 1.97. The molecule has 2 rings (SSSR count). The Bertz CT molecular complexity index is 411. The van der Waals surface area contributed by atoms with Crippen molar-refractivity contribution in [2.45, 2.75) is 6.23 Å². The van der Waals surface area contributed by atoms with E-state index in [1.807, 2.05) is 11.0 Å². The van der Waals surface area contributed by atoms with Crippen LogP contribution in [0.4, 0.5) is 11.4 Å². The van der Waals surface area contributed by atoms with Gasteiger partial charge in [0.2, 0.25) is 0 Å². The van der Waals surface area contributed by atoms with Gasteiger partial charge in [0.15, 0.2) is 0 Å². The summed E-state index contributed by atoms with van der Waals surface area (Å²) >= 11 is 0. The lowest BCUT2D eigenvalue weighted by Gasteiger charge is -2.36. The number of methoxy groups -OCH3 is 1. The number of hydrogen-bond donors (Lipinski definition) is 1. The van der Waals surface area contributed by atoms with Crippen molar-refractivity contribution in [3.63, 3.8) is 0 Å². The second kappa shape index (κ2) is 5.11. The molecule has 1 atom stereocenters. The van der Waals surface area contributed by atoms with Crippen molar-refractivity contribution in [2.24, 2.45) is 0 Å². The Hall–Kier alpha value is -1.66. The lowest BCUT2D eigenvalue weighted by atomic mass is 10.2. The van der Waals surface area contributed by atoms with Crippen molar-refractivity contribution in [2.75, 3.05) is 31.6 Å². The molecule has 1 aliphatic heterocycles. The lowest BCUT2D eigenvalue weighted by molar-refractivity contribution is -0.384. The maximum Gasteiger partial charge on any atom is 0.271 e. The fraction of sp³-hybridized carbons (Fsp3) is 0.455.